The Labute approximate surface area is 121 Å². The minimum Gasteiger partial charge on any atom is -0.314 e. The molecule has 1 aromatic carbocycles. The molecule has 0 spiro atoms. The van der Waals surface area contributed by atoms with Crippen molar-refractivity contribution in [1.82, 2.24) is 15.1 Å². The summed E-state index contributed by atoms with van der Waals surface area (Å²) in [5, 5.41) is 9.80. The van der Waals surface area contributed by atoms with Crippen molar-refractivity contribution in [3.63, 3.8) is 0 Å². The molecule has 1 N–H and O–H groups in total. The Morgan fingerprint density at radius 1 is 1.30 bits per heavy atom. The molecule has 3 nitrogen and oxygen atoms in total. The standard InChI is InChI=1S/C17H25N3/c1-4-18-13(3)17(10-11-17)12-15-14-8-6-7-9-16(14)20(5-2)19-15/h6-9,13,18H,4-5,10-12H2,1-3H3. The molecule has 2 aromatic rings. The lowest BCUT2D eigenvalue weighted by Crippen LogP contribution is -2.36. The van der Waals surface area contributed by atoms with Gasteiger partial charge in [0.05, 0.1) is 11.2 Å². The van der Waals surface area contributed by atoms with Crippen LogP contribution in [0.3, 0.4) is 0 Å². The first-order valence-electron chi connectivity index (χ1n) is 7.88. The monoisotopic (exact) mass is 271 g/mol. The fraction of sp³-hybridized carbons (Fsp3) is 0.588. The largest absolute Gasteiger partial charge is 0.314 e. The summed E-state index contributed by atoms with van der Waals surface area (Å²) in [6, 6.07) is 9.22. The predicted octanol–water partition coefficient (Wildman–Crippen LogP) is 3.38. The van der Waals surface area contributed by atoms with Crippen LogP contribution in [0.1, 0.15) is 39.3 Å². The fourth-order valence-electron chi connectivity index (χ4n) is 3.35. The summed E-state index contributed by atoms with van der Waals surface area (Å²) in [6.07, 6.45) is 3.76. The zero-order chi connectivity index (χ0) is 14.2. The summed E-state index contributed by atoms with van der Waals surface area (Å²) in [5.74, 6) is 0. The molecule has 1 fully saturated rings. The minimum absolute atomic E-state index is 0.436. The highest BCUT2D eigenvalue weighted by Crippen LogP contribution is 2.51. The van der Waals surface area contributed by atoms with Crippen LogP contribution in [0.4, 0.5) is 0 Å². The number of nitrogens with one attached hydrogen (secondary N) is 1. The van der Waals surface area contributed by atoms with Crippen LogP contribution in [0.5, 0.6) is 0 Å². The van der Waals surface area contributed by atoms with Crippen LogP contribution in [0.15, 0.2) is 24.3 Å². The van der Waals surface area contributed by atoms with Gasteiger partial charge in [0.25, 0.3) is 0 Å². The summed E-state index contributed by atoms with van der Waals surface area (Å²) < 4.78 is 2.14. The average molecular weight is 271 g/mol. The van der Waals surface area contributed by atoms with Gasteiger partial charge >= 0.3 is 0 Å². The maximum absolute atomic E-state index is 4.86. The van der Waals surface area contributed by atoms with Crippen molar-refractivity contribution in [2.24, 2.45) is 5.41 Å². The second kappa shape index (κ2) is 5.21. The highest BCUT2D eigenvalue weighted by molar-refractivity contribution is 5.82. The highest BCUT2D eigenvalue weighted by atomic mass is 15.3. The number of fused-ring (bicyclic) bond motifs is 1. The number of aryl methyl sites for hydroxylation is 1. The summed E-state index contributed by atoms with van der Waals surface area (Å²) >= 11 is 0. The highest BCUT2D eigenvalue weighted by Gasteiger charge is 2.47. The first-order valence-corrected chi connectivity index (χ1v) is 7.88. The van der Waals surface area contributed by atoms with Gasteiger partial charge in [-0.15, -0.1) is 0 Å². The van der Waals surface area contributed by atoms with E-state index < -0.39 is 0 Å². The van der Waals surface area contributed by atoms with Crippen LogP contribution >= 0.6 is 0 Å². The Balaban J connectivity index is 1.92. The summed E-state index contributed by atoms with van der Waals surface area (Å²) in [5.41, 5.74) is 2.99. The van der Waals surface area contributed by atoms with E-state index in [1.165, 1.54) is 29.4 Å². The molecule has 0 aliphatic heterocycles. The van der Waals surface area contributed by atoms with E-state index in [-0.39, 0.29) is 0 Å². The van der Waals surface area contributed by atoms with Gasteiger partial charge in [-0.1, -0.05) is 25.1 Å². The van der Waals surface area contributed by atoms with E-state index in [4.69, 9.17) is 5.10 Å². The molecule has 1 unspecified atom stereocenters. The maximum Gasteiger partial charge on any atom is 0.0709 e. The number of aromatic nitrogens is 2. The Hall–Kier alpha value is -1.35. The molecule has 0 saturated heterocycles. The molecule has 108 valence electrons. The third kappa shape index (κ3) is 2.24. The van der Waals surface area contributed by atoms with E-state index in [2.05, 4.69) is 55.0 Å². The number of benzene rings is 1. The first-order chi connectivity index (χ1) is 9.70. The summed E-state index contributed by atoms with van der Waals surface area (Å²) in [7, 11) is 0. The summed E-state index contributed by atoms with van der Waals surface area (Å²) in [4.78, 5) is 0. The van der Waals surface area contributed by atoms with E-state index in [1.54, 1.807) is 0 Å². The van der Waals surface area contributed by atoms with Crippen LogP contribution < -0.4 is 5.32 Å². The Kier molecular flexibility index (Phi) is 3.55. The molecular formula is C17H25N3. The molecule has 3 heteroatoms. The molecule has 3 rings (SSSR count). The molecule has 0 radical (unpaired) electrons. The Morgan fingerprint density at radius 2 is 2.05 bits per heavy atom. The van der Waals surface area contributed by atoms with Crippen molar-refractivity contribution in [3.8, 4) is 0 Å². The molecule has 20 heavy (non-hydrogen) atoms. The number of rotatable bonds is 6. The number of para-hydroxylation sites is 1. The van der Waals surface area contributed by atoms with E-state index >= 15 is 0 Å². The third-order valence-corrected chi connectivity index (χ3v) is 4.87. The maximum atomic E-state index is 4.86. The smallest absolute Gasteiger partial charge is 0.0709 e. The molecule has 1 atom stereocenters. The van der Waals surface area contributed by atoms with Gasteiger partial charge in [-0.25, -0.2) is 0 Å². The lowest BCUT2D eigenvalue weighted by molar-refractivity contribution is 0.352. The van der Waals surface area contributed by atoms with Crippen LogP contribution in [-0.2, 0) is 13.0 Å². The van der Waals surface area contributed by atoms with Crippen LogP contribution in [0, 0.1) is 5.41 Å². The average Bonchev–Trinajstić information content (AvgIpc) is 3.16. The topological polar surface area (TPSA) is 29.9 Å². The van der Waals surface area contributed by atoms with Gasteiger partial charge in [-0.2, -0.15) is 5.10 Å². The van der Waals surface area contributed by atoms with Gasteiger partial charge in [-0.05, 0) is 51.1 Å². The molecule has 1 heterocycles. The normalized spacial score (nSPS) is 18.4. The third-order valence-electron chi connectivity index (χ3n) is 4.87. The predicted molar refractivity (Wildman–Crippen MR) is 83.9 cm³/mol. The molecule has 1 aromatic heterocycles. The van der Waals surface area contributed by atoms with Gasteiger partial charge in [0.1, 0.15) is 0 Å². The van der Waals surface area contributed by atoms with Crippen LogP contribution in [0.25, 0.3) is 10.9 Å². The minimum atomic E-state index is 0.436. The Morgan fingerprint density at radius 3 is 2.70 bits per heavy atom. The number of nitrogens with zero attached hydrogens (tertiary/aromatic N) is 2. The molecule has 1 saturated carbocycles. The van der Waals surface area contributed by atoms with Crippen LogP contribution in [0.2, 0.25) is 0 Å². The fourth-order valence-corrected chi connectivity index (χ4v) is 3.35. The molecule has 0 bridgehead atoms. The van der Waals surface area contributed by atoms with Gasteiger partial charge in [0.2, 0.25) is 0 Å². The van der Waals surface area contributed by atoms with E-state index in [0.29, 0.717) is 11.5 Å². The van der Waals surface area contributed by atoms with Crippen LogP contribution in [-0.4, -0.2) is 22.4 Å². The van der Waals surface area contributed by atoms with Crippen molar-refractivity contribution in [3.05, 3.63) is 30.0 Å². The first kappa shape index (κ1) is 13.6. The molecule has 0 amide bonds. The van der Waals surface area contributed by atoms with Crippen molar-refractivity contribution in [2.45, 2.75) is 52.6 Å². The van der Waals surface area contributed by atoms with Crippen molar-refractivity contribution in [1.29, 1.82) is 0 Å². The summed E-state index contributed by atoms with van der Waals surface area (Å²) in [6.45, 7) is 8.67. The zero-order valence-electron chi connectivity index (χ0n) is 12.8. The number of hydrogen-bond donors (Lipinski definition) is 1. The van der Waals surface area contributed by atoms with Gasteiger partial charge < -0.3 is 5.32 Å². The zero-order valence-corrected chi connectivity index (χ0v) is 12.8. The van der Waals surface area contributed by atoms with E-state index in [0.717, 1.165) is 19.5 Å². The van der Waals surface area contributed by atoms with Gasteiger partial charge in [-0.3, -0.25) is 4.68 Å². The Bertz CT molecular complexity index is 595. The van der Waals surface area contributed by atoms with Crippen molar-refractivity contribution < 1.29 is 0 Å². The molecule has 1 aliphatic carbocycles. The number of hydrogen-bond acceptors (Lipinski definition) is 2. The lowest BCUT2D eigenvalue weighted by Gasteiger charge is -2.23. The van der Waals surface area contributed by atoms with Gasteiger partial charge in [0, 0.05) is 18.0 Å². The van der Waals surface area contributed by atoms with E-state index in [1.807, 2.05) is 0 Å². The van der Waals surface area contributed by atoms with Crippen molar-refractivity contribution in [2.75, 3.05) is 6.54 Å². The molecule has 1 aliphatic rings. The van der Waals surface area contributed by atoms with Gasteiger partial charge in [0.15, 0.2) is 0 Å². The lowest BCUT2D eigenvalue weighted by atomic mass is 9.91. The second-order valence-corrected chi connectivity index (χ2v) is 6.10. The quantitative estimate of drug-likeness (QED) is 0.873. The SMILES string of the molecule is CCNC(C)C1(Cc2nn(CC)c3ccccc23)CC1. The molecular weight excluding hydrogens is 246 g/mol. The second-order valence-electron chi connectivity index (χ2n) is 6.10. The van der Waals surface area contributed by atoms with E-state index in [9.17, 15) is 0 Å². The van der Waals surface area contributed by atoms with Crippen molar-refractivity contribution >= 4 is 10.9 Å².